The highest BCUT2D eigenvalue weighted by molar-refractivity contribution is 5.88. The van der Waals surface area contributed by atoms with E-state index >= 15 is 0 Å². The van der Waals surface area contributed by atoms with E-state index in [9.17, 15) is 9.59 Å². The van der Waals surface area contributed by atoms with E-state index in [1.165, 1.54) is 7.11 Å². The first kappa shape index (κ1) is 15.7. The van der Waals surface area contributed by atoms with E-state index < -0.39 is 0 Å². The Hall–Kier alpha value is -1.32. The van der Waals surface area contributed by atoms with Gasteiger partial charge in [-0.15, -0.1) is 0 Å². The smallest absolute Gasteiger partial charge is 0.333 e. The molecule has 1 saturated heterocycles. The van der Waals surface area contributed by atoms with Gasteiger partial charge in [0.15, 0.2) is 0 Å². The summed E-state index contributed by atoms with van der Waals surface area (Å²) < 4.78 is 4.71. The fourth-order valence-electron chi connectivity index (χ4n) is 2.25. The van der Waals surface area contributed by atoms with Crippen LogP contribution < -0.4 is 0 Å². The molecule has 4 heteroatoms. The zero-order chi connectivity index (χ0) is 14.6. The molecule has 1 unspecified atom stereocenters. The minimum absolute atomic E-state index is 0.143. The first-order chi connectivity index (χ1) is 8.79. The van der Waals surface area contributed by atoms with Gasteiger partial charge in [0, 0.05) is 25.1 Å². The van der Waals surface area contributed by atoms with E-state index in [1.54, 1.807) is 0 Å². The number of carbonyl (C=O) groups excluding carboxylic acids is 2. The van der Waals surface area contributed by atoms with Crippen molar-refractivity contribution in [3.05, 3.63) is 11.6 Å². The Morgan fingerprint density at radius 1 is 1.47 bits per heavy atom. The van der Waals surface area contributed by atoms with Crippen LogP contribution in [0.1, 0.15) is 40.5 Å². The van der Waals surface area contributed by atoms with Crippen molar-refractivity contribution in [2.45, 2.75) is 40.5 Å². The zero-order valence-corrected chi connectivity index (χ0v) is 12.7. The summed E-state index contributed by atoms with van der Waals surface area (Å²) in [5.41, 5.74) is 0.777. The molecule has 1 aliphatic heterocycles. The van der Waals surface area contributed by atoms with Crippen LogP contribution in [0.3, 0.4) is 0 Å². The van der Waals surface area contributed by atoms with Crippen LogP contribution in [0.4, 0.5) is 0 Å². The van der Waals surface area contributed by atoms with Crippen LogP contribution in [-0.4, -0.2) is 37.0 Å². The molecule has 1 fully saturated rings. The molecule has 0 bridgehead atoms. The Bertz CT molecular complexity index is 379. The Morgan fingerprint density at radius 2 is 2.11 bits per heavy atom. The van der Waals surface area contributed by atoms with Crippen molar-refractivity contribution in [2.24, 2.45) is 11.3 Å². The lowest BCUT2D eigenvalue weighted by molar-refractivity contribution is -0.136. The van der Waals surface area contributed by atoms with Crippen molar-refractivity contribution in [1.82, 2.24) is 4.90 Å². The van der Waals surface area contributed by atoms with Crippen LogP contribution in [0.25, 0.3) is 0 Å². The summed E-state index contributed by atoms with van der Waals surface area (Å²) in [4.78, 5) is 25.2. The molecule has 108 valence electrons. The number of hydrogen-bond acceptors (Lipinski definition) is 3. The zero-order valence-electron chi connectivity index (χ0n) is 12.7. The van der Waals surface area contributed by atoms with Crippen LogP contribution in [0.2, 0.25) is 0 Å². The summed E-state index contributed by atoms with van der Waals surface area (Å²) in [5, 5.41) is 0. The number of ether oxygens (including phenoxy) is 1. The summed E-state index contributed by atoms with van der Waals surface area (Å²) in [7, 11) is 1.38. The van der Waals surface area contributed by atoms with Gasteiger partial charge < -0.3 is 9.64 Å². The van der Waals surface area contributed by atoms with Gasteiger partial charge in [0.1, 0.15) is 0 Å². The maximum atomic E-state index is 12.0. The molecule has 4 nitrogen and oxygen atoms in total. The highest BCUT2D eigenvalue weighted by Gasteiger charge is 2.36. The third kappa shape index (κ3) is 4.08. The molecule has 0 N–H and O–H groups in total. The van der Waals surface area contributed by atoms with Crippen LogP contribution in [0, 0.1) is 11.3 Å². The van der Waals surface area contributed by atoms with Crippen molar-refractivity contribution in [3.8, 4) is 0 Å². The molecule has 1 heterocycles. The second-order valence-electron chi connectivity index (χ2n) is 6.14. The van der Waals surface area contributed by atoms with E-state index in [-0.39, 0.29) is 17.3 Å². The Kier molecular flexibility index (Phi) is 5.15. The number of likely N-dealkylation sites (tertiary alicyclic amines) is 1. The van der Waals surface area contributed by atoms with Gasteiger partial charge in [0.2, 0.25) is 5.91 Å². The topological polar surface area (TPSA) is 46.6 Å². The summed E-state index contributed by atoms with van der Waals surface area (Å²) in [6, 6.07) is 0. The van der Waals surface area contributed by atoms with E-state index in [1.807, 2.05) is 17.9 Å². The van der Waals surface area contributed by atoms with Crippen molar-refractivity contribution < 1.29 is 14.3 Å². The lowest BCUT2D eigenvalue weighted by Crippen LogP contribution is -2.28. The second-order valence-corrected chi connectivity index (χ2v) is 6.14. The molecule has 1 rings (SSSR count). The number of rotatable bonds is 4. The lowest BCUT2D eigenvalue weighted by atomic mass is 9.80. The Labute approximate surface area is 115 Å². The lowest BCUT2D eigenvalue weighted by Gasteiger charge is -2.26. The van der Waals surface area contributed by atoms with Crippen LogP contribution in [0.15, 0.2) is 11.6 Å². The number of esters is 1. The first-order valence-corrected chi connectivity index (χ1v) is 6.84. The summed E-state index contributed by atoms with van der Waals surface area (Å²) >= 11 is 0. The van der Waals surface area contributed by atoms with E-state index in [2.05, 4.69) is 20.8 Å². The third-order valence-corrected chi connectivity index (χ3v) is 3.83. The second kappa shape index (κ2) is 6.22. The van der Waals surface area contributed by atoms with Gasteiger partial charge in [0.05, 0.1) is 7.11 Å². The standard InChI is InChI=1S/C15H25NO3/c1-6-11(14(18)19-5)7-8-16-10-12(9-13(16)17)15(2,3)4/h7,12H,6,8-10H2,1-5H3. The molecular weight excluding hydrogens is 242 g/mol. The maximum Gasteiger partial charge on any atom is 0.333 e. The molecule has 1 amide bonds. The molecule has 0 aromatic rings. The minimum Gasteiger partial charge on any atom is -0.466 e. The minimum atomic E-state index is -0.304. The Balaban J connectivity index is 2.66. The monoisotopic (exact) mass is 267 g/mol. The maximum absolute atomic E-state index is 12.0. The van der Waals surface area contributed by atoms with Crippen molar-refractivity contribution in [3.63, 3.8) is 0 Å². The van der Waals surface area contributed by atoms with Crippen molar-refractivity contribution in [1.29, 1.82) is 0 Å². The summed E-state index contributed by atoms with van der Waals surface area (Å²) in [5.74, 6) is 0.259. The highest BCUT2D eigenvalue weighted by Crippen LogP contribution is 2.34. The number of carbonyl (C=O) groups is 2. The molecule has 0 spiro atoms. The van der Waals surface area contributed by atoms with Crippen LogP contribution >= 0.6 is 0 Å². The quantitative estimate of drug-likeness (QED) is 0.580. The van der Waals surface area contributed by atoms with E-state index in [4.69, 9.17) is 4.74 Å². The average Bonchev–Trinajstić information content (AvgIpc) is 2.71. The SMILES string of the molecule is CCC(=CCN1CC(C(C)(C)C)CC1=O)C(=O)OC. The third-order valence-electron chi connectivity index (χ3n) is 3.83. The van der Waals surface area contributed by atoms with Gasteiger partial charge in [0.25, 0.3) is 0 Å². The van der Waals surface area contributed by atoms with E-state index in [0.29, 0.717) is 30.9 Å². The van der Waals surface area contributed by atoms with Crippen molar-refractivity contribution in [2.75, 3.05) is 20.2 Å². The fourth-order valence-corrected chi connectivity index (χ4v) is 2.25. The van der Waals surface area contributed by atoms with Crippen LogP contribution in [0.5, 0.6) is 0 Å². The summed E-state index contributed by atoms with van der Waals surface area (Å²) in [6.45, 7) is 9.68. The Morgan fingerprint density at radius 3 is 2.53 bits per heavy atom. The van der Waals surface area contributed by atoms with Crippen LogP contribution in [-0.2, 0) is 14.3 Å². The number of methoxy groups -OCH3 is 1. The molecule has 0 radical (unpaired) electrons. The van der Waals surface area contributed by atoms with Gasteiger partial charge in [-0.3, -0.25) is 4.79 Å². The van der Waals surface area contributed by atoms with E-state index in [0.717, 1.165) is 6.54 Å². The number of amides is 1. The summed E-state index contributed by atoms with van der Waals surface area (Å²) in [6.07, 6.45) is 3.04. The molecule has 0 aliphatic carbocycles. The molecule has 1 aliphatic rings. The highest BCUT2D eigenvalue weighted by atomic mass is 16.5. The van der Waals surface area contributed by atoms with Gasteiger partial charge in [-0.25, -0.2) is 4.79 Å². The fraction of sp³-hybridized carbons (Fsp3) is 0.733. The first-order valence-electron chi connectivity index (χ1n) is 6.84. The molecule has 1 atom stereocenters. The van der Waals surface area contributed by atoms with Crippen molar-refractivity contribution >= 4 is 11.9 Å². The largest absolute Gasteiger partial charge is 0.466 e. The van der Waals surface area contributed by atoms with Gasteiger partial charge in [-0.05, 0) is 17.8 Å². The molecule has 0 saturated carbocycles. The normalized spacial score (nSPS) is 20.9. The number of hydrogen-bond donors (Lipinski definition) is 0. The number of nitrogens with zero attached hydrogens (tertiary/aromatic N) is 1. The molecule has 0 aromatic heterocycles. The molecule has 0 aromatic carbocycles. The molecular formula is C15H25NO3. The van der Waals surface area contributed by atoms with Gasteiger partial charge >= 0.3 is 5.97 Å². The molecule has 19 heavy (non-hydrogen) atoms. The average molecular weight is 267 g/mol. The van der Waals surface area contributed by atoms with Gasteiger partial charge in [-0.2, -0.15) is 0 Å². The van der Waals surface area contributed by atoms with Gasteiger partial charge in [-0.1, -0.05) is 33.8 Å². The predicted octanol–water partition coefficient (Wildman–Crippen LogP) is 2.39. The predicted molar refractivity (Wildman–Crippen MR) is 74.5 cm³/mol.